The first-order valence-electron chi connectivity index (χ1n) is 12.9. The molecule has 4 aromatic rings. The van der Waals surface area contributed by atoms with Gasteiger partial charge in [-0.05, 0) is 48.1 Å². The van der Waals surface area contributed by atoms with Gasteiger partial charge in [0.15, 0.2) is 0 Å². The Hall–Kier alpha value is -4.26. The molecule has 2 unspecified atom stereocenters. The molecule has 7 heteroatoms. The molecule has 0 aliphatic heterocycles. The van der Waals surface area contributed by atoms with Crippen molar-refractivity contribution in [3.05, 3.63) is 102 Å². The number of carbonyl (C=O) groups excluding carboxylic acids is 2. The molecule has 194 valence electrons. The SMILES string of the molecule is CC(C)CN(CC(=O)Nc1cc(-c2ccccc2)nn1-c1ccc(F)cc1)C(=O)C1CC1c1ccccc1. The summed E-state index contributed by atoms with van der Waals surface area (Å²) in [7, 11) is 0. The Kier molecular flexibility index (Phi) is 7.36. The van der Waals surface area contributed by atoms with E-state index in [0.717, 1.165) is 17.5 Å². The fourth-order valence-corrected chi connectivity index (χ4v) is 4.80. The number of nitrogens with one attached hydrogen (secondary N) is 1. The first-order valence-corrected chi connectivity index (χ1v) is 12.9. The van der Waals surface area contributed by atoms with E-state index in [1.807, 2.05) is 62.4 Å². The van der Waals surface area contributed by atoms with Crippen molar-refractivity contribution in [3.63, 3.8) is 0 Å². The summed E-state index contributed by atoms with van der Waals surface area (Å²) in [6.07, 6.45) is 0.802. The van der Waals surface area contributed by atoms with Crippen molar-refractivity contribution >= 4 is 17.6 Å². The molecule has 2 atom stereocenters. The number of halogens is 1. The van der Waals surface area contributed by atoms with Crippen LogP contribution in [-0.2, 0) is 9.59 Å². The van der Waals surface area contributed by atoms with E-state index in [9.17, 15) is 14.0 Å². The molecule has 5 rings (SSSR count). The van der Waals surface area contributed by atoms with Gasteiger partial charge in [-0.3, -0.25) is 9.59 Å². The lowest BCUT2D eigenvalue weighted by Crippen LogP contribution is -2.41. The number of aromatic nitrogens is 2. The molecule has 1 fully saturated rings. The maximum Gasteiger partial charge on any atom is 0.245 e. The maximum atomic E-state index is 13.6. The van der Waals surface area contributed by atoms with Crippen LogP contribution in [-0.4, -0.2) is 39.6 Å². The molecular formula is C31H31FN4O2. The van der Waals surface area contributed by atoms with Gasteiger partial charge in [0.2, 0.25) is 11.8 Å². The van der Waals surface area contributed by atoms with E-state index in [2.05, 4.69) is 22.5 Å². The number of hydrogen-bond acceptors (Lipinski definition) is 3. The van der Waals surface area contributed by atoms with Crippen LogP contribution in [0.1, 0.15) is 31.7 Å². The first-order chi connectivity index (χ1) is 18.4. The van der Waals surface area contributed by atoms with Crippen LogP contribution in [0.3, 0.4) is 0 Å². The van der Waals surface area contributed by atoms with Gasteiger partial charge >= 0.3 is 0 Å². The normalized spacial score (nSPS) is 16.3. The average molecular weight is 511 g/mol. The molecule has 0 spiro atoms. The second-order valence-electron chi connectivity index (χ2n) is 10.2. The van der Waals surface area contributed by atoms with E-state index < -0.39 is 0 Å². The van der Waals surface area contributed by atoms with Crippen molar-refractivity contribution in [2.24, 2.45) is 11.8 Å². The summed E-state index contributed by atoms with van der Waals surface area (Å²) in [4.78, 5) is 28.4. The first kappa shape index (κ1) is 25.4. The van der Waals surface area contributed by atoms with E-state index in [-0.39, 0.29) is 41.9 Å². The summed E-state index contributed by atoms with van der Waals surface area (Å²) >= 11 is 0. The van der Waals surface area contributed by atoms with E-state index in [0.29, 0.717) is 23.7 Å². The molecular weight excluding hydrogens is 479 g/mol. The van der Waals surface area contributed by atoms with Gasteiger partial charge in [0.25, 0.3) is 0 Å². The van der Waals surface area contributed by atoms with Crippen molar-refractivity contribution in [3.8, 4) is 16.9 Å². The van der Waals surface area contributed by atoms with Gasteiger partial charge in [-0.25, -0.2) is 9.07 Å². The predicted octanol–water partition coefficient (Wildman–Crippen LogP) is 5.91. The predicted molar refractivity (Wildman–Crippen MR) is 146 cm³/mol. The number of amides is 2. The molecule has 1 aromatic heterocycles. The highest BCUT2D eigenvalue weighted by molar-refractivity contribution is 5.95. The van der Waals surface area contributed by atoms with Gasteiger partial charge in [-0.2, -0.15) is 5.10 Å². The number of nitrogens with zero attached hydrogens (tertiary/aromatic N) is 3. The third-order valence-corrected chi connectivity index (χ3v) is 6.68. The minimum absolute atomic E-state index is 0.0136. The van der Waals surface area contributed by atoms with Crippen LogP contribution >= 0.6 is 0 Å². The van der Waals surface area contributed by atoms with Crippen molar-refractivity contribution in [1.29, 1.82) is 0 Å². The third-order valence-electron chi connectivity index (χ3n) is 6.68. The van der Waals surface area contributed by atoms with Crippen LogP contribution in [0.25, 0.3) is 16.9 Å². The lowest BCUT2D eigenvalue weighted by molar-refractivity contribution is -0.136. The van der Waals surface area contributed by atoms with Crippen LogP contribution < -0.4 is 5.32 Å². The van der Waals surface area contributed by atoms with Gasteiger partial charge in [-0.1, -0.05) is 74.5 Å². The highest BCUT2D eigenvalue weighted by atomic mass is 19.1. The monoisotopic (exact) mass is 510 g/mol. The Morgan fingerprint density at radius 2 is 1.66 bits per heavy atom. The number of anilines is 1. The molecule has 1 heterocycles. The summed E-state index contributed by atoms with van der Waals surface area (Å²) in [5, 5.41) is 7.63. The third kappa shape index (κ3) is 5.83. The van der Waals surface area contributed by atoms with Gasteiger partial charge in [-0.15, -0.1) is 0 Å². The average Bonchev–Trinajstić information content (AvgIpc) is 3.62. The Bertz CT molecular complexity index is 1400. The van der Waals surface area contributed by atoms with Gasteiger partial charge in [0.05, 0.1) is 17.9 Å². The Balaban J connectivity index is 1.35. The van der Waals surface area contributed by atoms with Crippen LogP contribution in [0.2, 0.25) is 0 Å². The van der Waals surface area contributed by atoms with Crippen molar-refractivity contribution < 1.29 is 14.0 Å². The summed E-state index contributed by atoms with van der Waals surface area (Å²) in [5.74, 6) is 0.124. The largest absolute Gasteiger partial charge is 0.333 e. The maximum absolute atomic E-state index is 13.6. The minimum atomic E-state index is -0.355. The van der Waals surface area contributed by atoms with E-state index >= 15 is 0 Å². The van der Waals surface area contributed by atoms with E-state index in [1.165, 1.54) is 12.1 Å². The topological polar surface area (TPSA) is 67.2 Å². The molecule has 1 aliphatic rings. The Morgan fingerprint density at radius 1 is 1.00 bits per heavy atom. The molecule has 0 radical (unpaired) electrons. The number of hydrogen-bond donors (Lipinski definition) is 1. The summed E-state index contributed by atoms with van der Waals surface area (Å²) in [5.41, 5.74) is 3.34. The lowest BCUT2D eigenvalue weighted by Gasteiger charge is -2.24. The molecule has 1 saturated carbocycles. The fraction of sp³-hybridized carbons (Fsp3) is 0.258. The number of carbonyl (C=O) groups is 2. The zero-order chi connectivity index (χ0) is 26.6. The van der Waals surface area contributed by atoms with Gasteiger partial charge < -0.3 is 10.2 Å². The Morgan fingerprint density at radius 3 is 2.32 bits per heavy atom. The van der Waals surface area contributed by atoms with Crippen molar-refractivity contribution in [2.45, 2.75) is 26.2 Å². The van der Waals surface area contributed by atoms with E-state index in [4.69, 9.17) is 0 Å². The van der Waals surface area contributed by atoms with E-state index in [1.54, 1.807) is 27.8 Å². The quantitative estimate of drug-likeness (QED) is 0.305. The second kappa shape index (κ2) is 11.0. The van der Waals surface area contributed by atoms with Crippen LogP contribution in [0, 0.1) is 17.7 Å². The molecule has 3 aromatic carbocycles. The van der Waals surface area contributed by atoms with Crippen LogP contribution in [0.15, 0.2) is 91.0 Å². The molecule has 0 bridgehead atoms. The molecule has 38 heavy (non-hydrogen) atoms. The standard InChI is InChI=1S/C31H31FN4O2/c1-21(2)19-35(31(38)27-17-26(27)22-9-5-3-6-10-22)20-30(37)33-29-18-28(23-11-7-4-8-12-23)34-36(29)25-15-13-24(32)14-16-25/h3-16,18,21,26-27H,17,19-20H2,1-2H3,(H,33,37). The van der Waals surface area contributed by atoms with Crippen LogP contribution in [0.5, 0.6) is 0 Å². The minimum Gasteiger partial charge on any atom is -0.333 e. The lowest BCUT2D eigenvalue weighted by atomic mass is 10.1. The zero-order valence-corrected chi connectivity index (χ0v) is 21.5. The summed E-state index contributed by atoms with van der Waals surface area (Å²) in [6.45, 7) is 4.52. The summed E-state index contributed by atoms with van der Waals surface area (Å²) < 4.78 is 15.2. The molecule has 0 saturated heterocycles. The van der Waals surface area contributed by atoms with Crippen molar-refractivity contribution in [2.75, 3.05) is 18.4 Å². The second-order valence-corrected chi connectivity index (χ2v) is 10.2. The fourth-order valence-electron chi connectivity index (χ4n) is 4.80. The highest BCUT2D eigenvalue weighted by Crippen LogP contribution is 2.48. The van der Waals surface area contributed by atoms with Crippen molar-refractivity contribution in [1.82, 2.24) is 14.7 Å². The number of rotatable bonds is 9. The Labute approximate surface area is 222 Å². The molecule has 2 amide bonds. The molecule has 1 N–H and O–H groups in total. The zero-order valence-electron chi connectivity index (χ0n) is 21.5. The van der Waals surface area contributed by atoms with Crippen LogP contribution in [0.4, 0.5) is 10.2 Å². The van der Waals surface area contributed by atoms with Gasteiger partial charge in [0, 0.05) is 24.1 Å². The van der Waals surface area contributed by atoms with Gasteiger partial charge in [0.1, 0.15) is 11.6 Å². The number of benzene rings is 3. The summed E-state index contributed by atoms with van der Waals surface area (Å²) in [6, 6.07) is 27.4. The molecule has 1 aliphatic carbocycles. The smallest absolute Gasteiger partial charge is 0.245 e. The molecule has 6 nitrogen and oxygen atoms in total. The highest BCUT2D eigenvalue weighted by Gasteiger charge is 2.46.